The van der Waals surface area contributed by atoms with Crippen LogP contribution in [0.2, 0.25) is 0 Å². The van der Waals surface area contributed by atoms with E-state index in [-0.39, 0.29) is 11.9 Å². The SMILES string of the molecule is CCOC(=O)C[C@H](C)c1cc2cncc(-c3ccc(C)cc3)c2s1. The number of fused-ring (bicyclic) bond motifs is 1. The van der Waals surface area contributed by atoms with E-state index in [9.17, 15) is 4.79 Å². The molecule has 0 spiro atoms. The second-order valence-corrected chi connectivity index (χ2v) is 7.11. The maximum Gasteiger partial charge on any atom is 0.306 e. The molecular formula is C20H21NO2S. The van der Waals surface area contributed by atoms with Crippen LogP contribution in [0.1, 0.15) is 36.6 Å². The molecule has 0 N–H and O–H groups in total. The Morgan fingerprint density at radius 1 is 1.25 bits per heavy atom. The number of carbonyl (C=O) groups excluding carboxylic acids is 1. The van der Waals surface area contributed by atoms with E-state index in [0.29, 0.717) is 13.0 Å². The van der Waals surface area contributed by atoms with Crippen LogP contribution in [-0.2, 0) is 9.53 Å². The molecule has 0 aliphatic rings. The number of carbonyl (C=O) groups is 1. The minimum Gasteiger partial charge on any atom is -0.466 e. The molecule has 0 aliphatic carbocycles. The molecule has 3 aromatic rings. The molecule has 0 aliphatic heterocycles. The van der Waals surface area contributed by atoms with E-state index >= 15 is 0 Å². The summed E-state index contributed by atoms with van der Waals surface area (Å²) in [5.41, 5.74) is 3.56. The van der Waals surface area contributed by atoms with Gasteiger partial charge in [-0.1, -0.05) is 36.8 Å². The largest absolute Gasteiger partial charge is 0.466 e. The van der Waals surface area contributed by atoms with Crippen molar-refractivity contribution in [2.75, 3.05) is 6.61 Å². The summed E-state index contributed by atoms with van der Waals surface area (Å²) in [6.45, 7) is 6.42. The van der Waals surface area contributed by atoms with Crippen molar-refractivity contribution in [2.24, 2.45) is 0 Å². The average molecular weight is 339 g/mol. The van der Waals surface area contributed by atoms with Crippen LogP contribution >= 0.6 is 11.3 Å². The van der Waals surface area contributed by atoms with Gasteiger partial charge in [0.05, 0.1) is 13.0 Å². The third kappa shape index (κ3) is 3.49. The fourth-order valence-corrected chi connectivity index (χ4v) is 3.95. The molecule has 4 heteroatoms. The van der Waals surface area contributed by atoms with E-state index in [1.54, 1.807) is 11.3 Å². The van der Waals surface area contributed by atoms with E-state index in [4.69, 9.17) is 4.74 Å². The van der Waals surface area contributed by atoms with Gasteiger partial charge >= 0.3 is 5.97 Å². The molecule has 124 valence electrons. The fourth-order valence-electron chi connectivity index (χ4n) is 2.73. The summed E-state index contributed by atoms with van der Waals surface area (Å²) in [4.78, 5) is 17.3. The first kappa shape index (κ1) is 16.7. The van der Waals surface area contributed by atoms with E-state index in [1.165, 1.54) is 20.7 Å². The molecule has 24 heavy (non-hydrogen) atoms. The Labute approximate surface area is 146 Å². The van der Waals surface area contributed by atoms with Gasteiger partial charge in [-0.15, -0.1) is 11.3 Å². The topological polar surface area (TPSA) is 39.2 Å². The number of rotatable bonds is 5. The summed E-state index contributed by atoms with van der Waals surface area (Å²) in [6, 6.07) is 10.6. The van der Waals surface area contributed by atoms with Crippen molar-refractivity contribution in [1.82, 2.24) is 4.98 Å². The van der Waals surface area contributed by atoms with Gasteiger partial charge in [-0.3, -0.25) is 9.78 Å². The lowest BCUT2D eigenvalue weighted by Gasteiger charge is -2.08. The van der Waals surface area contributed by atoms with Gasteiger partial charge in [-0.2, -0.15) is 0 Å². The maximum absolute atomic E-state index is 11.7. The average Bonchev–Trinajstić information content (AvgIpc) is 3.00. The Bertz CT molecular complexity index is 852. The highest BCUT2D eigenvalue weighted by Crippen LogP contribution is 2.37. The number of ether oxygens (including phenoxy) is 1. The van der Waals surface area contributed by atoms with Crippen LogP contribution in [0.15, 0.2) is 42.7 Å². The number of thiophene rings is 1. The highest BCUT2D eigenvalue weighted by atomic mass is 32.1. The van der Waals surface area contributed by atoms with Crippen LogP contribution in [0.5, 0.6) is 0 Å². The molecule has 2 heterocycles. The monoisotopic (exact) mass is 339 g/mol. The first-order chi connectivity index (χ1) is 11.6. The predicted octanol–water partition coefficient (Wildman–Crippen LogP) is 5.33. The predicted molar refractivity (Wildman–Crippen MR) is 99.5 cm³/mol. The van der Waals surface area contributed by atoms with Gasteiger partial charge in [-0.05, 0) is 25.5 Å². The van der Waals surface area contributed by atoms with E-state index < -0.39 is 0 Å². The van der Waals surface area contributed by atoms with Crippen LogP contribution < -0.4 is 0 Å². The number of aryl methyl sites for hydroxylation is 1. The van der Waals surface area contributed by atoms with Gasteiger partial charge < -0.3 is 4.74 Å². The van der Waals surface area contributed by atoms with Crippen LogP contribution in [0.4, 0.5) is 0 Å². The van der Waals surface area contributed by atoms with Crippen molar-refractivity contribution < 1.29 is 9.53 Å². The molecule has 2 aromatic heterocycles. The van der Waals surface area contributed by atoms with Crippen molar-refractivity contribution >= 4 is 27.4 Å². The quantitative estimate of drug-likeness (QED) is 0.590. The van der Waals surface area contributed by atoms with Gasteiger partial charge in [0.25, 0.3) is 0 Å². The van der Waals surface area contributed by atoms with Crippen molar-refractivity contribution in [1.29, 1.82) is 0 Å². The Kier molecular flexibility index (Phi) is 4.95. The summed E-state index contributed by atoms with van der Waals surface area (Å²) in [5, 5.41) is 1.13. The lowest BCUT2D eigenvalue weighted by Crippen LogP contribution is -2.07. The van der Waals surface area contributed by atoms with Crippen LogP contribution in [0, 0.1) is 6.92 Å². The molecule has 3 rings (SSSR count). The van der Waals surface area contributed by atoms with E-state index in [0.717, 1.165) is 10.9 Å². The summed E-state index contributed by atoms with van der Waals surface area (Å²) in [5.74, 6) is 0.00616. The summed E-state index contributed by atoms with van der Waals surface area (Å²) in [7, 11) is 0. The highest BCUT2D eigenvalue weighted by molar-refractivity contribution is 7.19. The van der Waals surface area contributed by atoms with Gasteiger partial charge in [0.15, 0.2) is 0 Å². The lowest BCUT2D eigenvalue weighted by molar-refractivity contribution is -0.143. The molecule has 0 fully saturated rings. The van der Waals surface area contributed by atoms with Crippen molar-refractivity contribution in [3.05, 3.63) is 53.2 Å². The van der Waals surface area contributed by atoms with Crippen molar-refractivity contribution in [3.63, 3.8) is 0 Å². The van der Waals surface area contributed by atoms with E-state index in [2.05, 4.69) is 49.2 Å². The first-order valence-corrected chi connectivity index (χ1v) is 9.00. The fraction of sp³-hybridized carbons (Fsp3) is 0.300. The minimum atomic E-state index is -0.140. The molecule has 0 amide bonds. The Hall–Kier alpha value is -2.20. The van der Waals surface area contributed by atoms with Crippen LogP contribution in [-0.4, -0.2) is 17.6 Å². The summed E-state index contributed by atoms with van der Waals surface area (Å²) in [6.07, 6.45) is 4.22. The van der Waals surface area contributed by atoms with Crippen molar-refractivity contribution in [3.8, 4) is 11.1 Å². The number of benzene rings is 1. The Morgan fingerprint density at radius 2 is 2.00 bits per heavy atom. The molecule has 0 radical (unpaired) electrons. The minimum absolute atomic E-state index is 0.140. The number of hydrogen-bond donors (Lipinski definition) is 0. The van der Waals surface area contributed by atoms with Crippen LogP contribution in [0.3, 0.4) is 0 Å². The number of pyridine rings is 1. The molecule has 3 nitrogen and oxygen atoms in total. The third-order valence-electron chi connectivity index (χ3n) is 4.07. The number of esters is 1. The van der Waals surface area contributed by atoms with Crippen LogP contribution in [0.25, 0.3) is 21.2 Å². The number of aromatic nitrogens is 1. The summed E-state index contributed by atoms with van der Waals surface area (Å²) < 4.78 is 6.29. The third-order valence-corrected chi connectivity index (χ3v) is 5.48. The van der Waals surface area contributed by atoms with Crippen molar-refractivity contribution in [2.45, 2.75) is 33.1 Å². The highest BCUT2D eigenvalue weighted by Gasteiger charge is 2.16. The Balaban J connectivity index is 1.95. The molecule has 0 saturated carbocycles. The maximum atomic E-state index is 11.7. The number of hydrogen-bond acceptors (Lipinski definition) is 4. The van der Waals surface area contributed by atoms with Gasteiger partial charge in [-0.25, -0.2) is 0 Å². The molecule has 1 atom stereocenters. The second-order valence-electron chi connectivity index (χ2n) is 6.03. The standard InChI is InChI=1S/C20H21NO2S/c1-4-23-19(22)9-14(3)18-10-16-11-21-12-17(20(16)24-18)15-7-5-13(2)6-8-15/h5-8,10-12,14H,4,9H2,1-3H3/t14-/m0/s1. The normalized spacial score (nSPS) is 12.3. The second kappa shape index (κ2) is 7.14. The number of nitrogens with zero attached hydrogens (tertiary/aromatic N) is 1. The lowest BCUT2D eigenvalue weighted by atomic mass is 10.0. The van der Waals surface area contributed by atoms with Gasteiger partial charge in [0, 0.05) is 38.8 Å². The molecule has 1 aromatic carbocycles. The zero-order chi connectivity index (χ0) is 17.1. The van der Waals surface area contributed by atoms with Gasteiger partial charge in [0.2, 0.25) is 0 Å². The smallest absolute Gasteiger partial charge is 0.306 e. The molecule has 0 saturated heterocycles. The zero-order valence-electron chi connectivity index (χ0n) is 14.2. The Morgan fingerprint density at radius 3 is 2.71 bits per heavy atom. The zero-order valence-corrected chi connectivity index (χ0v) is 15.0. The summed E-state index contributed by atoms with van der Waals surface area (Å²) >= 11 is 1.74. The molecule has 0 unspecified atom stereocenters. The first-order valence-electron chi connectivity index (χ1n) is 8.18. The van der Waals surface area contributed by atoms with E-state index in [1.807, 2.05) is 19.3 Å². The molecular weight excluding hydrogens is 318 g/mol. The van der Waals surface area contributed by atoms with Gasteiger partial charge in [0.1, 0.15) is 0 Å². The molecule has 0 bridgehead atoms.